The topological polar surface area (TPSA) is 0 Å². The number of hydrogen-bond donors (Lipinski definition) is 0. The zero-order chi connectivity index (χ0) is 14.5. The van der Waals surface area contributed by atoms with E-state index in [2.05, 4.69) is 64.1 Å². The standard InChI is InChI=1S/C19H24I/c1-5-6-7-17-8-10-18(11-9-17)20-19-15(3)12-14(2)13-16(19)4/h8-13H,5-7H2,1-4H3/q+1. The van der Waals surface area contributed by atoms with Gasteiger partial charge in [0.15, 0.2) is 7.14 Å². The molecule has 0 aliphatic heterocycles. The van der Waals surface area contributed by atoms with E-state index in [1.165, 1.54) is 45.1 Å². The molecular weight excluding hydrogens is 355 g/mol. The third-order valence-corrected chi connectivity index (χ3v) is 7.10. The lowest BCUT2D eigenvalue weighted by molar-refractivity contribution is -0.598. The highest BCUT2D eigenvalue weighted by Crippen LogP contribution is 2.08. The molecule has 0 saturated heterocycles. The van der Waals surface area contributed by atoms with E-state index in [0.29, 0.717) is 0 Å². The largest absolute Gasteiger partial charge is 0.358 e. The number of rotatable bonds is 5. The predicted molar refractivity (Wildman–Crippen MR) is 83.1 cm³/mol. The van der Waals surface area contributed by atoms with Crippen LogP contribution in [0.3, 0.4) is 0 Å². The molecule has 0 spiro atoms. The summed E-state index contributed by atoms with van der Waals surface area (Å²) in [5, 5.41) is 0. The van der Waals surface area contributed by atoms with E-state index in [9.17, 15) is 0 Å². The first-order valence-electron chi connectivity index (χ1n) is 7.41. The van der Waals surface area contributed by atoms with E-state index in [4.69, 9.17) is 0 Å². The van der Waals surface area contributed by atoms with E-state index in [0.717, 1.165) is 0 Å². The molecule has 0 saturated carbocycles. The van der Waals surface area contributed by atoms with Gasteiger partial charge in [-0.15, -0.1) is 0 Å². The molecule has 0 aromatic heterocycles. The van der Waals surface area contributed by atoms with Crippen molar-refractivity contribution >= 4 is 0 Å². The summed E-state index contributed by atoms with van der Waals surface area (Å²) < 4.78 is 3.12. The van der Waals surface area contributed by atoms with Crippen LogP contribution in [0.2, 0.25) is 0 Å². The lowest BCUT2D eigenvalue weighted by Crippen LogP contribution is -3.62. The molecule has 2 aromatic rings. The van der Waals surface area contributed by atoms with Crippen LogP contribution in [0.1, 0.15) is 42.0 Å². The van der Waals surface area contributed by atoms with Gasteiger partial charge in [0.05, 0.1) is 0 Å². The van der Waals surface area contributed by atoms with Crippen molar-refractivity contribution in [1.29, 1.82) is 0 Å². The molecule has 0 amide bonds. The molecule has 0 unspecified atom stereocenters. The van der Waals surface area contributed by atoms with Gasteiger partial charge >= 0.3 is 21.2 Å². The summed E-state index contributed by atoms with van der Waals surface area (Å²) in [6, 6.07) is 14.0. The van der Waals surface area contributed by atoms with Gasteiger partial charge in [-0.05, 0) is 51.3 Å². The molecule has 106 valence electrons. The molecule has 0 radical (unpaired) electrons. The van der Waals surface area contributed by atoms with Crippen molar-refractivity contribution in [3.05, 3.63) is 65.8 Å². The highest BCUT2D eigenvalue weighted by atomic mass is 127. The number of benzene rings is 2. The summed E-state index contributed by atoms with van der Waals surface area (Å²) >= 11 is -0.0539. The Hall–Kier alpha value is -0.830. The number of halogens is 1. The second-order valence-corrected chi connectivity index (χ2v) is 8.40. The summed E-state index contributed by atoms with van der Waals surface area (Å²) in [5.74, 6) is 0. The third kappa shape index (κ3) is 4.08. The van der Waals surface area contributed by atoms with Crippen molar-refractivity contribution in [2.45, 2.75) is 47.0 Å². The van der Waals surface area contributed by atoms with Gasteiger partial charge in [0.2, 0.25) is 0 Å². The van der Waals surface area contributed by atoms with Crippen LogP contribution in [0.5, 0.6) is 0 Å². The van der Waals surface area contributed by atoms with Gasteiger partial charge in [-0.1, -0.05) is 43.2 Å². The number of hydrogen-bond acceptors (Lipinski definition) is 0. The first-order valence-corrected chi connectivity index (χ1v) is 9.57. The van der Waals surface area contributed by atoms with Gasteiger partial charge in [0.1, 0.15) is 0 Å². The Labute approximate surface area is 133 Å². The van der Waals surface area contributed by atoms with Crippen molar-refractivity contribution < 1.29 is 21.2 Å². The van der Waals surface area contributed by atoms with Crippen LogP contribution in [0.4, 0.5) is 0 Å². The minimum Gasteiger partial charge on any atom is -0.0654 e. The summed E-state index contributed by atoms with van der Waals surface area (Å²) in [4.78, 5) is 0. The van der Waals surface area contributed by atoms with Crippen LogP contribution >= 0.6 is 0 Å². The van der Waals surface area contributed by atoms with Crippen LogP contribution in [0.15, 0.2) is 36.4 Å². The lowest BCUT2D eigenvalue weighted by atomic mass is 10.1. The fourth-order valence-corrected chi connectivity index (χ4v) is 5.02. The quantitative estimate of drug-likeness (QED) is 0.698. The average molecular weight is 379 g/mol. The van der Waals surface area contributed by atoms with Gasteiger partial charge in [0, 0.05) is 11.1 Å². The van der Waals surface area contributed by atoms with E-state index in [1.54, 1.807) is 3.57 Å². The van der Waals surface area contributed by atoms with Crippen LogP contribution in [0.25, 0.3) is 0 Å². The van der Waals surface area contributed by atoms with E-state index < -0.39 is 0 Å². The Morgan fingerprint density at radius 1 is 0.900 bits per heavy atom. The molecule has 0 nitrogen and oxygen atoms in total. The SMILES string of the molecule is CCCCc1ccc([I+]c2c(C)cc(C)cc2C)cc1. The second kappa shape index (κ2) is 7.26. The Morgan fingerprint density at radius 2 is 1.50 bits per heavy atom. The molecular formula is C19H24I+. The van der Waals surface area contributed by atoms with Gasteiger partial charge in [-0.3, -0.25) is 0 Å². The number of unbranched alkanes of at least 4 members (excludes halogenated alkanes) is 1. The van der Waals surface area contributed by atoms with Crippen molar-refractivity contribution in [2.24, 2.45) is 0 Å². The molecule has 0 aliphatic rings. The first-order chi connectivity index (χ1) is 9.60. The van der Waals surface area contributed by atoms with E-state index >= 15 is 0 Å². The fraction of sp³-hybridized carbons (Fsp3) is 0.368. The zero-order valence-electron chi connectivity index (χ0n) is 13.0. The smallest absolute Gasteiger partial charge is 0.0654 e. The summed E-state index contributed by atoms with van der Waals surface area (Å²) in [5.41, 5.74) is 5.79. The summed E-state index contributed by atoms with van der Waals surface area (Å²) in [6.07, 6.45) is 3.79. The van der Waals surface area contributed by atoms with E-state index in [1.807, 2.05) is 0 Å². The van der Waals surface area contributed by atoms with Gasteiger partial charge in [-0.25, -0.2) is 0 Å². The molecule has 0 bridgehead atoms. The van der Waals surface area contributed by atoms with Crippen molar-refractivity contribution in [3.8, 4) is 0 Å². The maximum atomic E-state index is 2.34. The molecule has 20 heavy (non-hydrogen) atoms. The van der Waals surface area contributed by atoms with Crippen LogP contribution < -0.4 is 21.2 Å². The third-order valence-electron chi connectivity index (χ3n) is 3.52. The molecule has 2 rings (SSSR count). The van der Waals surface area contributed by atoms with Crippen molar-refractivity contribution in [1.82, 2.24) is 0 Å². The summed E-state index contributed by atoms with van der Waals surface area (Å²) in [7, 11) is 0. The van der Waals surface area contributed by atoms with E-state index in [-0.39, 0.29) is 21.2 Å². The second-order valence-electron chi connectivity index (χ2n) is 5.54. The Bertz CT molecular complexity index is 544. The van der Waals surface area contributed by atoms with Gasteiger partial charge in [-0.2, -0.15) is 0 Å². The van der Waals surface area contributed by atoms with Crippen LogP contribution in [-0.2, 0) is 6.42 Å². The summed E-state index contributed by atoms with van der Waals surface area (Å²) in [6.45, 7) is 8.95. The molecule has 1 heteroatoms. The monoisotopic (exact) mass is 379 g/mol. The maximum absolute atomic E-state index is 2.34. The van der Waals surface area contributed by atoms with Crippen molar-refractivity contribution in [3.63, 3.8) is 0 Å². The molecule has 0 heterocycles. The molecule has 2 aromatic carbocycles. The average Bonchev–Trinajstić information content (AvgIpc) is 2.42. The highest BCUT2D eigenvalue weighted by molar-refractivity contribution is 5.27. The minimum atomic E-state index is -0.0539. The van der Waals surface area contributed by atoms with Gasteiger partial charge < -0.3 is 0 Å². The van der Waals surface area contributed by atoms with Crippen LogP contribution in [-0.4, -0.2) is 0 Å². The number of aryl methyl sites for hydroxylation is 4. The minimum absolute atomic E-state index is 0.0539. The molecule has 0 N–H and O–H groups in total. The Morgan fingerprint density at radius 3 is 2.05 bits per heavy atom. The van der Waals surface area contributed by atoms with Crippen molar-refractivity contribution in [2.75, 3.05) is 0 Å². The molecule has 0 atom stereocenters. The predicted octanol–water partition coefficient (Wildman–Crippen LogP) is 2.08. The fourth-order valence-electron chi connectivity index (χ4n) is 2.52. The highest BCUT2D eigenvalue weighted by Gasteiger charge is 2.21. The molecule has 0 aliphatic carbocycles. The Kier molecular flexibility index (Phi) is 5.64. The maximum Gasteiger partial charge on any atom is 0.358 e. The zero-order valence-corrected chi connectivity index (χ0v) is 15.1. The molecule has 0 fully saturated rings. The first kappa shape index (κ1) is 15.6. The van der Waals surface area contributed by atoms with Gasteiger partial charge in [0.25, 0.3) is 0 Å². The van der Waals surface area contributed by atoms with Crippen LogP contribution in [0, 0.1) is 27.9 Å². The Balaban J connectivity index is 2.14. The normalized spacial score (nSPS) is 10.8. The lowest BCUT2D eigenvalue weighted by Gasteiger charge is -2.01.